The number of pyridine rings is 1. The second-order valence-electron chi connectivity index (χ2n) is 3.54. The summed E-state index contributed by atoms with van der Waals surface area (Å²) in [5, 5.41) is 21.0. The monoisotopic (exact) mass is 225 g/mol. The minimum Gasteiger partial charge on any atom is -0.508 e. The molecule has 0 saturated carbocycles. The maximum absolute atomic E-state index is 9.14. The number of aromatic nitrogens is 1. The van der Waals surface area contributed by atoms with Crippen LogP contribution in [0.2, 0.25) is 0 Å². The molecular formula is C13H11N3O. The number of benzene rings is 1. The van der Waals surface area contributed by atoms with Gasteiger partial charge in [-0.15, -0.1) is 0 Å². The number of nitriles is 1. The lowest BCUT2D eigenvalue weighted by molar-refractivity contribution is 0.475. The van der Waals surface area contributed by atoms with Gasteiger partial charge >= 0.3 is 0 Å². The van der Waals surface area contributed by atoms with Gasteiger partial charge in [-0.05, 0) is 29.8 Å². The molecule has 0 aliphatic carbocycles. The Kier molecular flexibility index (Phi) is 3.22. The molecule has 0 aliphatic heterocycles. The predicted octanol–water partition coefficient (Wildman–Crippen LogP) is 2.27. The minimum absolute atomic E-state index is 0.248. The number of anilines is 1. The SMILES string of the molecule is N#Cc1cccc(NCc2ccc(O)cc2)n1. The molecule has 0 radical (unpaired) electrons. The van der Waals surface area contributed by atoms with Gasteiger partial charge in [-0.1, -0.05) is 18.2 Å². The van der Waals surface area contributed by atoms with Gasteiger partial charge in [-0.2, -0.15) is 5.26 Å². The molecular weight excluding hydrogens is 214 g/mol. The average molecular weight is 225 g/mol. The highest BCUT2D eigenvalue weighted by atomic mass is 16.3. The molecule has 0 atom stereocenters. The molecule has 1 aromatic heterocycles. The second kappa shape index (κ2) is 4.99. The Morgan fingerprint density at radius 2 is 1.94 bits per heavy atom. The van der Waals surface area contributed by atoms with Crippen LogP contribution in [0.4, 0.5) is 5.82 Å². The van der Waals surface area contributed by atoms with Crippen LogP contribution in [0.25, 0.3) is 0 Å². The fourth-order valence-corrected chi connectivity index (χ4v) is 1.40. The Labute approximate surface area is 99.2 Å². The molecule has 4 nitrogen and oxygen atoms in total. The van der Waals surface area contributed by atoms with E-state index in [-0.39, 0.29) is 5.75 Å². The van der Waals surface area contributed by atoms with Crippen molar-refractivity contribution in [3.63, 3.8) is 0 Å². The lowest BCUT2D eigenvalue weighted by Crippen LogP contribution is -2.01. The molecule has 1 aromatic carbocycles. The van der Waals surface area contributed by atoms with Crippen LogP contribution in [-0.4, -0.2) is 10.1 Å². The molecule has 0 fully saturated rings. The van der Waals surface area contributed by atoms with Crippen molar-refractivity contribution in [3.05, 3.63) is 53.7 Å². The Bertz CT molecular complexity index is 543. The normalized spacial score (nSPS) is 9.59. The molecule has 2 N–H and O–H groups in total. The van der Waals surface area contributed by atoms with E-state index in [1.54, 1.807) is 30.3 Å². The molecule has 0 aliphatic rings. The van der Waals surface area contributed by atoms with Crippen LogP contribution in [0.1, 0.15) is 11.3 Å². The highest BCUT2D eigenvalue weighted by Crippen LogP contribution is 2.11. The highest BCUT2D eigenvalue weighted by Gasteiger charge is 1.97. The number of aromatic hydroxyl groups is 1. The third-order valence-electron chi connectivity index (χ3n) is 2.27. The lowest BCUT2D eigenvalue weighted by atomic mass is 10.2. The molecule has 2 rings (SSSR count). The number of rotatable bonds is 3. The van der Waals surface area contributed by atoms with E-state index in [0.717, 1.165) is 5.56 Å². The molecule has 4 heteroatoms. The van der Waals surface area contributed by atoms with E-state index in [1.165, 1.54) is 0 Å². The first-order valence-corrected chi connectivity index (χ1v) is 5.17. The van der Waals surface area contributed by atoms with Crippen molar-refractivity contribution in [2.75, 3.05) is 5.32 Å². The average Bonchev–Trinajstić information content (AvgIpc) is 2.38. The third-order valence-corrected chi connectivity index (χ3v) is 2.27. The van der Waals surface area contributed by atoms with E-state index < -0.39 is 0 Å². The van der Waals surface area contributed by atoms with Crippen molar-refractivity contribution in [1.82, 2.24) is 4.98 Å². The zero-order valence-electron chi connectivity index (χ0n) is 9.09. The Hall–Kier alpha value is -2.54. The number of nitrogens with one attached hydrogen (secondary N) is 1. The molecule has 0 unspecified atom stereocenters. The zero-order valence-corrected chi connectivity index (χ0v) is 9.09. The molecule has 0 amide bonds. The van der Waals surface area contributed by atoms with Crippen LogP contribution in [-0.2, 0) is 6.54 Å². The van der Waals surface area contributed by atoms with Crippen LogP contribution >= 0.6 is 0 Å². The van der Waals surface area contributed by atoms with Crippen molar-refractivity contribution >= 4 is 5.82 Å². The predicted molar refractivity (Wildman–Crippen MR) is 64.4 cm³/mol. The fourth-order valence-electron chi connectivity index (χ4n) is 1.40. The smallest absolute Gasteiger partial charge is 0.142 e. The maximum atomic E-state index is 9.14. The Morgan fingerprint density at radius 3 is 2.65 bits per heavy atom. The summed E-state index contributed by atoms with van der Waals surface area (Å²) in [6, 6.07) is 14.2. The van der Waals surface area contributed by atoms with E-state index in [1.807, 2.05) is 18.2 Å². The number of phenols is 1. The first-order valence-electron chi connectivity index (χ1n) is 5.17. The summed E-state index contributed by atoms with van der Waals surface area (Å²) in [7, 11) is 0. The van der Waals surface area contributed by atoms with Crippen LogP contribution in [0.15, 0.2) is 42.5 Å². The molecule has 0 spiro atoms. The number of hydrogen-bond donors (Lipinski definition) is 2. The summed E-state index contributed by atoms with van der Waals surface area (Å²) in [5.41, 5.74) is 1.42. The maximum Gasteiger partial charge on any atom is 0.142 e. The van der Waals surface area contributed by atoms with Gasteiger partial charge in [0.05, 0.1) is 0 Å². The van der Waals surface area contributed by atoms with Crippen LogP contribution < -0.4 is 5.32 Å². The molecule has 84 valence electrons. The van der Waals surface area contributed by atoms with Crippen LogP contribution in [0.3, 0.4) is 0 Å². The number of hydrogen-bond acceptors (Lipinski definition) is 4. The van der Waals surface area contributed by atoms with Gasteiger partial charge in [-0.25, -0.2) is 4.98 Å². The molecule has 0 saturated heterocycles. The van der Waals surface area contributed by atoms with Gasteiger partial charge in [-0.3, -0.25) is 0 Å². The molecule has 1 heterocycles. The van der Waals surface area contributed by atoms with Crippen molar-refractivity contribution in [1.29, 1.82) is 5.26 Å². The first-order chi connectivity index (χ1) is 8.28. The van der Waals surface area contributed by atoms with Crippen molar-refractivity contribution < 1.29 is 5.11 Å². The quantitative estimate of drug-likeness (QED) is 0.840. The van der Waals surface area contributed by atoms with Crippen molar-refractivity contribution in [3.8, 4) is 11.8 Å². The number of nitrogens with zero attached hydrogens (tertiary/aromatic N) is 2. The summed E-state index contributed by atoms with van der Waals surface area (Å²) in [6.07, 6.45) is 0. The third kappa shape index (κ3) is 2.95. The summed E-state index contributed by atoms with van der Waals surface area (Å²) >= 11 is 0. The summed E-state index contributed by atoms with van der Waals surface area (Å²) < 4.78 is 0. The van der Waals surface area contributed by atoms with E-state index in [0.29, 0.717) is 18.1 Å². The summed E-state index contributed by atoms with van der Waals surface area (Å²) in [6.45, 7) is 0.599. The van der Waals surface area contributed by atoms with Crippen molar-refractivity contribution in [2.24, 2.45) is 0 Å². The van der Waals surface area contributed by atoms with Gasteiger partial charge in [0.1, 0.15) is 23.3 Å². The molecule has 17 heavy (non-hydrogen) atoms. The van der Waals surface area contributed by atoms with Crippen LogP contribution in [0, 0.1) is 11.3 Å². The van der Waals surface area contributed by atoms with Gasteiger partial charge in [0.25, 0.3) is 0 Å². The fraction of sp³-hybridized carbons (Fsp3) is 0.0769. The standard InChI is InChI=1S/C13H11N3O/c14-8-11-2-1-3-13(16-11)15-9-10-4-6-12(17)7-5-10/h1-7,17H,9H2,(H,15,16). The lowest BCUT2D eigenvalue weighted by Gasteiger charge is -2.05. The summed E-state index contributed by atoms with van der Waals surface area (Å²) in [4.78, 5) is 4.10. The minimum atomic E-state index is 0.248. The van der Waals surface area contributed by atoms with Gasteiger partial charge in [0.15, 0.2) is 0 Å². The van der Waals surface area contributed by atoms with Crippen LogP contribution in [0.5, 0.6) is 5.75 Å². The molecule has 2 aromatic rings. The largest absolute Gasteiger partial charge is 0.508 e. The van der Waals surface area contributed by atoms with E-state index >= 15 is 0 Å². The topological polar surface area (TPSA) is 68.9 Å². The highest BCUT2D eigenvalue weighted by molar-refractivity contribution is 5.39. The van der Waals surface area contributed by atoms with E-state index in [2.05, 4.69) is 10.3 Å². The first kappa shape index (κ1) is 11.0. The summed E-state index contributed by atoms with van der Waals surface area (Å²) in [5.74, 6) is 0.912. The van der Waals surface area contributed by atoms with Crippen molar-refractivity contribution in [2.45, 2.75) is 6.54 Å². The second-order valence-corrected chi connectivity index (χ2v) is 3.54. The molecule has 0 bridgehead atoms. The van der Waals surface area contributed by atoms with Gasteiger partial charge in [0, 0.05) is 6.54 Å². The van der Waals surface area contributed by atoms with Gasteiger partial charge in [0.2, 0.25) is 0 Å². The Morgan fingerprint density at radius 1 is 1.18 bits per heavy atom. The van der Waals surface area contributed by atoms with E-state index in [4.69, 9.17) is 10.4 Å². The zero-order chi connectivity index (χ0) is 12.1. The van der Waals surface area contributed by atoms with Gasteiger partial charge < -0.3 is 10.4 Å². The Balaban J connectivity index is 2.02. The number of phenolic OH excluding ortho intramolecular Hbond substituents is 1. The van der Waals surface area contributed by atoms with E-state index in [9.17, 15) is 0 Å².